The highest BCUT2D eigenvalue weighted by Crippen LogP contribution is 2.29. The zero-order valence-corrected chi connectivity index (χ0v) is 14.5. The molecular weight excluding hydrogens is 374 g/mol. The summed E-state index contributed by atoms with van der Waals surface area (Å²) in [4.78, 5) is 23.5. The standard InChI is InChI=1S/C18H12ClN3O5/c19-12-4-1-10(2-5-12)17-22-21-16(27-17)9-26-18(24)11-3-6-13-14(7-11)25-8-15(23)20-13/h1-7H,8-9H2,(H,20,23). The maximum atomic E-state index is 12.2. The van der Waals surface area contributed by atoms with Gasteiger partial charge in [-0.05, 0) is 42.5 Å². The number of carbonyl (C=O) groups is 2. The number of hydrogen-bond acceptors (Lipinski definition) is 7. The van der Waals surface area contributed by atoms with Gasteiger partial charge in [0.25, 0.3) is 11.8 Å². The van der Waals surface area contributed by atoms with E-state index in [1.54, 1.807) is 30.3 Å². The van der Waals surface area contributed by atoms with E-state index >= 15 is 0 Å². The van der Waals surface area contributed by atoms with Crippen molar-refractivity contribution in [1.82, 2.24) is 10.2 Å². The second-order valence-electron chi connectivity index (χ2n) is 5.63. The molecule has 9 heteroatoms. The smallest absolute Gasteiger partial charge is 0.338 e. The molecule has 0 fully saturated rings. The predicted molar refractivity (Wildman–Crippen MR) is 94.4 cm³/mol. The van der Waals surface area contributed by atoms with Gasteiger partial charge in [-0.25, -0.2) is 4.79 Å². The molecule has 0 atom stereocenters. The van der Waals surface area contributed by atoms with Gasteiger partial charge in [-0.3, -0.25) is 4.79 Å². The van der Waals surface area contributed by atoms with Crippen LogP contribution in [0.25, 0.3) is 11.5 Å². The van der Waals surface area contributed by atoms with Crippen LogP contribution in [0.1, 0.15) is 16.2 Å². The summed E-state index contributed by atoms with van der Waals surface area (Å²) in [5.74, 6) is 0.0486. The van der Waals surface area contributed by atoms with Crippen LogP contribution in [0, 0.1) is 0 Å². The Morgan fingerprint density at radius 1 is 1.19 bits per heavy atom. The Labute approximate surface area is 158 Å². The van der Waals surface area contributed by atoms with Crippen molar-refractivity contribution in [2.75, 3.05) is 11.9 Å². The zero-order valence-electron chi connectivity index (χ0n) is 13.8. The number of hydrogen-bond donors (Lipinski definition) is 1. The van der Waals surface area contributed by atoms with Crippen LogP contribution in [0.3, 0.4) is 0 Å². The number of nitrogens with one attached hydrogen (secondary N) is 1. The molecule has 0 spiro atoms. The lowest BCUT2D eigenvalue weighted by Crippen LogP contribution is -2.25. The van der Waals surface area contributed by atoms with Crippen molar-refractivity contribution >= 4 is 29.2 Å². The maximum absolute atomic E-state index is 12.2. The van der Waals surface area contributed by atoms with Crippen molar-refractivity contribution in [3.8, 4) is 17.2 Å². The van der Waals surface area contributed by atoms with Gasteiger partial charge in [0.05, 0.1) is 11.3 Å². The topological polar surface area (TPSA) is 104 Å². The number of rotatable bonds is 4. The summed E-state index contributed by atoms with van der Waals surface area (Å²) < 4.78 is 16.0. The molecule has 2 heterocycles. The van der Waals surface area contributed by atoms with E-state index in [9.17, 15) is 9.59 Å². The van der Waals surface area contributed by atoms with Gasteiger partial charge in [0.2, 0.25) is 5.89 Å². The summed E-state index contributed by atoms with van der Waals surface area (Å²) in [7, 11) is 0. The van der Waals surface area contributed by atoms with Crippen LogP contribution >= 0.6 is 11.6 Å². The molecule has 1 aliphatic rings. The third-order valence-electron chi connectivity index (χ3n) is 3.73. The van der Waals surface area contributed by atoms with E-state index in [2.05, 4.69) is 15.5 Å². The highest BCUT2D eigenvalue weighted by molar-refractivity contribution is 6.30. The molecular formula is C18H12ClN3O5. The van der Waals surface area contributed by atoms with Crippen molar-refractivity contribution in [2.45, 2.75) is 6.61 Å². The van der Waals surface area contributed by atoms with Crippen LogP contribution in [0.15, 0.2) is 46.9 Å². The minimum Gasteiger partial charge on any atom is -0.482 e. The number of nitrogens with zero attached hydrogens (tertiary/aromatic N) is 2. The van der Waals surface area contributed by atoms with E-state index in [4.69, 9.17) is 25.5 Å². The van der Waals surface area contributed by atoms with E-state index in [1.807, 2.05) is 0 Å². The summed E-state index contributed by atoms with van der Waals surface area (Å²) >= 11 is 5.84. The number of ether oxygens (including phenoxy) is 2. The normalized spacial score (nSPS) is 12.7. The minimum atomic E-state index is -0.579. The number of fused-ring (bicyclic) bond motifs is 1. The first-order valence-electron chi connectivity index (χ1n) is 7.90. The molecule has 1 aliphatic heterocycles. The SMILES string of the molecule is O=C1COc2cc(C(=O)OCc3nnc(-c4ccc(Cl)cc4)o3)ccc2N1. The molecule has 0 aliphatic carbocycles. The summed E-state index contributed by atoms with van der Waals surface area (Å²) in [5.41, 5.74) is 1.49. The summed E-state index contributed by atoms with van der Waals surface area (Å²) in [6, 6.07) is 11.5. The second kappa shape index (κ2) is 7.08. The van der Waals surface area contributed by atoms with Crippen LogP contribution < -0.4 is 10.1 Å². The number of aromatic nitrogens is 2. The number of anilines is 1. The van der Waals surface area contributed by atoms with Crippen LogP contribution in [0.2, 0.25) is 5.02 Å². The Balaban J connectivity index is 1.41. The Bertz CT molecular complexity index is 1020. The molecule has 3 aromatic rings. The highest BCUT2D eigenvalue weighted by atomic mass is 35.5. The highest BCUT2D eigenvalue weighted by Gasteiger charge is 2.19. The van der Waals surface area contributed by atoms with Gasteiger partial charge in [0, 0.05) is 10.6 Å². The molecule has 2 aromatic carbocycles. The molecule has 136 valence electrons. The zero-order chi connectivity index (χ0) is 18.8. The van der Waals surface area contributed by atoms with Crippen molar-refractivity contribution in [3.05, 3.63) is 58.9 Å². The Morgan fingerprint density at radius 2 is 2.00 bits per heavy atom. The fraction of sp³-hybridized carbons (Fsp3) is 0.111. The molecule has 0 saturated carbocycles. The number of esters is 1. The lowest BCUT2D eigenvalue weighted by Gasteiger charge is -2.18. The molecule has 8 nitrogen and oxygen atoms in total. The first-order chi connectivity index (χ1) is 13.1. The molecule has 1 amide bonds. The van der Waals surface area contributed by atoms with Crippen LogP contribution in [-0.4, -0.2) is 28.7 Å². The van der Waals surface area contributed by atoms with E-state index in [0.717, 1.165) is 0 Å². The average Bonchev–Trinajstić information content (AvgIpc) is 3.15. The third-order valence-corrected chi connectivity index (χ3v) is 3.99. The second-order valence-corrected chi connectivity index (χ2v) is 6.07. The summed E-state index contributed by atoms with van der Waals surface area (Å²) in [6.07, 6.45) is 0. The maximum Gasteiger partial charge on any atom is 0.338 e. The largest absolute Gasteiger partial charge is 0.482 e. The number of benzene rings is 2. The quantitative estimate of drug-likeness (QED) is 0.688. The number of carbonyl (C=O) groups excluding carboxylic acids is 2. The van der Waals surface area contributed by atoms with Crippen LogP contribution in [-0.2, 0) is 16.1 Å². The van der Waals surface area contributed by atoms with Crippen molar-refractivity contribution < 1.29 is 23.5 Å². The molecule has 0 unspecified atom stereocenters. The van der Waals surface area contributed by atoms with Gasteiger partial charge in [-0.2, -0.15) is 0 Å². The van der Waals surface area contributed by atoms with E-state index < -0.39 is 5.97 Å². The fourth-order valence-corrected chi connectivity index (χ4v) is 2.56. The lowest BCUT2D eigenvalue weighted by atomic mass is 10.1. The number of amides is 1. The van der Waals surface area contributed by atoms with Gasteiger partial charge in [0.1, 0.15) is 5.75 Å². The monoisotopic (exact) mass is 385 g/mol. The van der Waals surface area contributed by atoms with Crippen LogP contribution in [0.4, 0.5) is 5.69 Å². The van der Waals surface area contributed by atoms with Gasteiger partial charge < -0.3 is 19.2 Å². The van der Waals surface area contributed by atoms with Crippen molar-refractivity contribution in [2.24, 2.45) is 0 Å². The van der Waals surface area contributed by atoms with Gasteiger partial charge in [-0.15, -0.1) is 10.2 Å². The first-order valence-corrected chi connectivity index (χ1v) is 8.28. The average molecular weight is 386 g/mol. The third kappa shape index (κ3) is 3.75. The van der Waals surface area contributed by atoms with Crippen LogP contribution in [0.5, 0.6) is 5.75 Å². The molecule has 0 saturated heterocycles. The van der Waals surface area contributed by atoms with Crippen molar-refractivity contribution in [3.63, 3.8) is 0 Å². The van der Waals surface area contributed by atoms with E-state index in [0.29, 0.717) is 27.9 Å². The van der Waals surface area contributed by atoms with E-state index in [1.165, 1.54) is 12.1 Å². The molecule has 4 rings (SSSR count). The van der Waals surface area contributed by atoms with Gasteiger partial charge >= 0.3 is 5.97 Å². The fourth-order valence-electron chi connectivity index (χ4n) is 2.43. The Kier molecular flexibility index (Phi) is 4.47. The molecule has 0 bridgehead atoms. The number of halogens is 1. The van der Waals surface area contributed by atoms with E-state index in [-0.39, 0.29) is 30.6 Å². The molecule has 0 radical (unpaired) electrons. The molecule has 1 aromatic heterocycles. The lowest BCUT2D eigenvalue weighted by molar-refractivity contribution is -0.118. The summed E-state index contributed by atoms with van der Waals surface area (Å²) in [5, 5.41) is 11.0. The van der Waals surface area contributed by atoms with Gasteiger partial charge in [-0.1, -0.05) is 11.6 Å². The minimum absolute atomic E-state index is 0.0963. The molecule has 27 heavy (non-hydrogen) atoms. The summed E-state index contributed by atoms with van der Waals surface area (Å²) in [6.45, 7) is -0.269. The predicted octanol–water partition coefficient (Wildman–Crippen LogP) is 3.08. The first kappa shape index (κ1) is 17.0. The Morgan fingerprint density at radius 3 is 2.81 bits per heavy atom. The Hall–Kier alpha value is -3.39. The van der Waals surface area contributed by atoms with Gasteiger partial charge in [0.15, 0.2) is 13.2 Å². The molecule has 1 N–H and O–H groups in total. The van der Waals surface area contributed by atoms with Crippen molar-refractivity contribution in [1.29, 1.82) is 0 Å².